The minimum atomic E-state index is -0.967. The number of nitrogens with two attached hydrogens (primary N) is 1. The molecule has 0 heterocycles. The maximum atomic E-state index is 10.5. The van der Waals surface area contributed by atoms with Crippen LogP contribution in [0, 0.1) is 0 Å². The first-order valence-corrected chi connectivity index (χ1v) is 4.94. The number of anilines is 1. The fourth-order valence-electron chi connectivity index (χ4n) is 1.30. The van der Waals surface area contributed by atoms with Gasteiger partial charge in [-0.2, -0.15) is 0 Å². The quantitative estimate of drug-likeness (QED) is 0.676. The zero-order valence-electron chi connectivity index (χ0n) is 8.73. The molecule has 0 saturated carbocycles. The highest BCUT2D eigenvalue weighted by Gasteiger charge is 2.11. The number of carboxylic acid groups (broad SMARTS) is 1. The predicted molar refractivity (Wildman–Crippen MR) is 59.9 cm³/mol. The summed E-state index contributed by atoms with van der Waals surface area (Å²) in [6.07, 6.45) is 0.363. The van der Waals surface area contributed by atoms with Crippen LogP contribution in [0.2, 0.25) is 0 Å². The monoisotopic (exact) mass is 208 g/mol. The topological polar surface area (TPSA) is 75.3 Å². The van der Waals surface area contributed by atoms with E-state index < -0.39 is 12.0 Å². The summed E-state index contributed by atoms with van der Waals surface area (Å²) in [5, 5.41) is 11.8. The van der Waals surface area contributed by atoms with E-state index in [0.717, 1.165) is 17.8 Å². The van der Waals surface area contributed by atoms with Crippen LogP contribution in [-0.4, -0.2) is 23.7 Å². The molecular weight excluding hydrogens is 192 g/mol. The van der Waals surface area contributed by atoms with E-state index >= 15 is 0 Å². The Balaban J connectivity index is 2.60. The molecule has 0 aliphatic heterocycles. The molecule has 15 heavy (non-hydrogen) atoms. The van der Waals surface area contributed by atoms with Gasteiger partial charge in [-0.25, -0.2) is 0 Å². The van der Waals surface area contributed by atoms with Crippen molar-refractivity contribution in [2.75, 3.05) is 11.9 Å². The van der Waals surface area contributed by atoms with Gasteiger partial charge < -0.3 is 16.2 Å². The first kappa shape index (κ1) is 11.5. The van der Waals surface area contributed by atoms with Crippen molar-refractivity contribution >= 4 is 11.7 Å². The number of nitrogens with one attached hydrogen (secondary N) is 1. The van der Waals surface area contributed by atoms with Gasteiger partial charge in [-0.1, -0.05) is 12.1 Å². The number of hydrogen-bond acceptors (Lipinski definition) is 3. The Hall–Kier alpha value is -1.55. The predicted octanol–water partition coefficient (Wildman–Crippen LogP) is 1.07. The zero-order chi connectivity index (χ0) is 11.3. The molecular formula is C11H16N2O2. The van der Waals surface area contributed by atoms with Crippen LogP contribution < -0.4 is 11.1 Å². The zero-order valence-corrected chi connectivity index (χ0v) is 8.73. The van der Waals surface area contributed by atoms with Gasteiger partial charge in [-0.05, 0) is 31.0 Å². The summed E-state index contributed by atoms with van der Waals surface area (Å²) in [5.74, 6) is -0.967. The molecule has 82 valence electrons. The van der Waals surface area contributed by atoms with Crippen LogP contribution in [0.1, 0.15) is 12.5 Å². The fourth-order valence-corrected chi connectivity index (χ4v) is 1.30. The van der Waals surface area contributed by atoms with E-state index in [1.807, 2.05) is 31.2 Å². The van der Waals surface area contributed by atoms with Gasteiger partial charge >= 0.3 is 5.97 Å². The Bertz CT molecular complexity index is 322. The maximum Gasteiger partial charge on any atom is 0.320 e. The highest BCUT2D eigenvalue weighted by Crippen LogP contribution is 2.10. The Morgan fingerprint density at radius 3 is 2.53 bits per heavy atom. The molecule has 0 saturated heterocycles. The second kappa shape index (κ2) is 5.36. The summed E-state index contributed by atoms with van der Waals surface area (Å²) in [5.41, 5.74) is 7.40. The van der Waals surface area contributed by atoms with Gasteiger partial charge in [0.25, 0.3) is 0 Å². The van der Waals surface area contributed by atoms with Crippen molar-refractivity contribution in [3.63, 3.8) is 0 Å². The Labute approximate surface area is 89.1 Å². The minimum Gasteiger partial charge on any atom is -0.480 e. The van der Waals surface area contributed by atoms with E-state index in [4.69, 9.17) is 10.8 Å². The number of carbonyl (C=O) groups is 1. The van der Waals surface area contributed by atoms with Crippen LogP contribution in [0.5, 0.6) is 0 Å². The second-order valence-electron chi connectivity index (χ2n) is 3.38. The molecule has 4 N–H and O–H groups in total. The molecule has 1 aromatic rings. The van der Waals surface area contributed by atoms with Gasteiger partial charge in [0.2, 0.25) is 0 Å². The molecule has 0 aromatic heterocycles. The normalized spacial score (nSPS) is 12.1. The molecule has 0 radical (unpaired) electrons. The number of carboxylic acids is 1. The number of hydrogen-bond donors (Lipinski definition) is 3. The molecule has 0 amide bonds. The van der Waals surface area contributed by atoms with E-state index in [0.29, 0.717) is 6.42 Å². The molecule has 1 rings (SSSR count). The van der Waals surface area contributed by atoms with Crippen molar-refractivity contribution < 1.29 is 9.90 Å². The Kier molecular flexibility index (Phi) is 4.12. The average molecular weight is 208 g/mol. The van der Waals surface area contributed by atoms with E-state index in [-0.39, 0.29) is 0 Å². The average Bonchev–Trinajstić information content (AvgIpc) is 2.21. The van der Waals surface area contributed by atoms with Crippen LogP contribution in [0.25, 0.3) is 0 Å². The molecule has 1 atom stereocenters. The lowest BCUT2D eigenvalue weighted by molar-refractivity contribution is -0.138. The van der Waals surface area contributed by atoms with Gasteiger partial charge in [0, 0.05) is 12.2 Å². The minimum absolute atomic E-state index is 0.363. The highest BCUT2D eigenvalue weighted by molar-refractivity contribution is 5.73. The Morgan fingerprint density at radius 1 is 1.47 bits per heavy atom. The summed E-state index contributed by atoms with van der Waals surface area (Å²) >= 11 is 0. The molecule has 0 aliphatic carbocycles. The molecule has 0 bridgehead atoms. The molecule has 1 aromatic carbocycles. The third kappa shape index (κ3) is 3.59. The SMILES string of the molecule is CCNc1ccc(C[C@@H](N)C(=O)O)cc1. The van der Waals surface area contributed by atoms with Crippen LogP contribution in [-0.2, 0) is 11.2 Å². The van der Waals surface area contributed by atoms with Crippen molar-refractivity contribution in [3.8, 4) is 0 Å². The molecule has 0 aliphatic rings. The van der Waals surface area contributed by atoms with Gasteiger partial charge in [0.1, 0.15) is 6.04 Å². The smallest absolute Gasteiger partial charge is 0.320 e. The van der Waals surface area contributed by atoms with E-state index in [1.165, 1.54) is 0 Å². The fraction of sp³-hybridized carbons (Fsp3) is 0.364. The standard InChI is InChI=1S/C11H16N2O2/c1-2-13-9-5-3-8(4-6-9)7-10(12)11(14)15/h3-6,10,13H,2,7,12H2,1H3,(H,14,15)/t10-/m1/s1. The van der Waals surface area contributed by atoms with Crippen molar-refractivity contribution in [1.82, 2.24) is 0 Å². The van der Waals surface area contributed by atoms with Crippen LogP contribution in [0.15, 0.2) is 24.3 Å². The van der Waals surface area contributed by atoms with Gasteiger partial charge in [0.15, 0.2) is 0 Å². The summed E-state index contributed by atoms with van der Waals surface area (Å²) in [7, 11) is 0. The highest BCUT2D eigenvalue weighted by atomic mass is 16.4. The van der Waals surface area contributed by atoms with Crippen molar-refractivity contribution in [3.05, 3.63) is 29.8 Å². The largest absolute Gasteiger partial charge is 0.480 e. The summed E-state index contributed by atoms with van der Waals surface area (Å²) in [6, 6.07) is 6.80. The third-order valence-corrected chi connectivity index (χ3v) is 2.11. The number of benzene rings is 1. The van der Waals surface area contributed by atoms with Gasteiger partial charge in [0.05, 0.1) is 0 Å². The first-order chi connectivity index (χ1) is 7.13. The van der Waals surface area contributed by atoms with Gasteiger partial charge in [-0.15, -0.1) is 0 Å². The number of rotatable bonds is 5. The third-order valence-electron chi connectivity index (χ3n) is 2.11. The first-order valence-electron chi connectivity index (χ1n) is 4.94. The lowest BCUT2D eigenvalue weighted by Gasteiger charge is -2.07. The maximum absolute atomic E-state index is 10.5. The van der Waals surface area contributed by atoms with Gasteiger partial charge in [-0.3, -0.25) is 4.79 Å². The van der Waals surface area contributed by atoms with E-state index in [2.05, 4.69) is 5.32 Å². The van der Waals surface area contributed by atoms with Crippen molar-refractivity contribution in [2.45, 2.75) is 19.4 Å². The van der Waals surface area contributed by atoms with E-state index in [9.17, 15) is 4.79 Å². The summed E-state index contributed by atoms with van der Waals surface area (Å²) in [6.45, 7) is 2.89. The summed E-state index contributed by atoms with van der Waals surface area (Å²) in [4.78, 5) is 10.5. The number of aliphatic carboxylic acids is 1. The van der Waals surface area contributed by atoms with Crippen LogP contribution >= 0.6 is 0 Å². The van der Waals surface area contributed by atoms with Crippen molar-refractivity contribution in [1.29, 1.82) is 0 Å². The van der Waals surface area contributed by atoms with Crippen LogP contribution in [0.3, 0.4) is 0 Å². The van der Waals surface area contributed by atoms with Crippen LogP contribution in [0.4, 0.5) is 5.69 Å². The molecule has 4 heteroatoms. The molecule has 0 fully saturated rings. The van der Waals surface area contributed by atoms with E-state index in [1.54, 1.807) is 0 Å². The lowest BCUT2D eigenvalue weighted by Crippen LogP contribution is -2.32. The Morgan fingerprint density at radius 2 is 2.07 bits per heavy atom. The molecule has 0 unspecified atom stereocenters. The summed E-state index contributed by atoms with van der Waals surface area (Å²) < 4.78 is 0. The molecule has 0 spiro atoms. The van der Waals surface area contributed by atoms with Crippen molar-refractivity contribution in [2.24, 2.45) is 5.73 Å². The lowest BCUT2D eigenvalue weighted by atomic mass is 10.1. The second-order valence-corrected chi connectivity index (χ2v) is 3.38. The molecule has 4 nitrogen and oxygen atoms in total.